The van der Waals surface area contributed by atoms with E-state index in [2.05, 4.69) is 26.0 Å². The monoisotopic (exact) mass is 725 g/mol. The molecule has 0 aliphatic heterocycles. The molecule has 0 rings (SSSR count). The van der Waals surface area contributed by atoms with Gasteiger partial charge in [-0.15, -0.1) is 0 Å². The molecule has 0 saturated heterocycles. The molecule has 0 saturated carbocycles. The third-order valence-electron chi connectivity index (χ3n) is 9.66. The Bertz CT molecular complexity index is 854. The maximum absolute atomic E-state index is 12.7. The van der Waals surface area contributed by atoms with Crippen LogP contribution in [-0.2, 0) is 28.6 Å². The summed E-state index contributed by atoms with van der Waals surface area (Å²) < 4.78 is 17.2. The average molecular weight is 725 g/mol. The van der Waals surface area contributed by atoms with Crippen molar-refractivity contribution in [2.24, 2.45) is 0 Å². The number of carboxylic acid groups (broad SMARTS) is 1. The topological polar surface area (TPSA) is 99.1 Å². The number of carbonyl (C=O) groups excluding carboxylic acids is 2. The predicted octanol–water partition coefficient (Wildman–Crippen LogP) is 11.1. The first-order valence-corrected chi connectivity index (χ1v) is 21.2. The molecule has 51 heavy (non-hydrogen) atoms. The summed E-state index contributed by atoms with van der Waals surface area (Å²) in [4.78, 5) is 36.8. The number of carboxylic acids is 1. The van der Waals surface area contributed by atoms with Crippen LogP contribution in [0.5, 0.6) is 0 Å². The molecule has 8 heteroatoms. The van der Waals surface area contributed by atoms with Gasteiger partial charge in [0, 0.05) is 19.3 Å². The SMILES string of the molecule is CCCC/C=C/CCCCCCCC(=O)OC(COCCC(C(=O)O)[N+](C)(C)C)COC(=O)CCCCCCCCCCCCCCCCCC. The maximum Gasteiger partial charge on any atom is 0.362 e. The van der Waals surface area contributed by atoms with Crippen LogP contribution < -0.4 is 0 Å². The predicted molar refractivity (Wildman–Crippen MR) is 211 cm³/mol. The lowest BCUT2D eigenvalue weighted by molar-refractivity contribution is -0.887. The molecule has 0 aromatic carbocycles. The second-order valence-corrected chi connectivity index (χ2v) is 15.6. The first kappa shape index (κ1) is 49.1. The zero-order chi connectivity index (χ0) is 37.8. The summed E-state index contributed by atoms with van der Waals surface area (Å²) in [7, 11) is 5.52. The molecule has 0 aliphatic rings. The van der Waals surface area contributed by atoms with Gasteiger partial charge in [0.15, 0.2) is 12.1 Å². The van der Waals surface area contributed by atoms with Gasteiger partial charge in [-0.25, -0.2) is 4.79 Å². The van der Waals surface area contributed by atoms with Gasteiger partial charge in [-0.3, -0.25) is 9.59 Å². The summed E-state index contributed by atoms with van der Waals surface area (Å²) in [5.74, 6) is -1.47. The Morgan fingerprint density at radius 3 is 1.47 bits per heavy atom. The molecule has 2 atom stereocenters. The van der Waals surface area contributed by atoms with Crippen LogP contribution in [0.2, 0.25) is 0 Å². The first-order chi connectivity index (χ1) is 24.6. The van der Waals surface area contributed by atoms with Crippen LogP contribution in [-0.4, -0.2) is 80.6 Å². The number of likely N-dealkylation sites (N-methyl/N-ethyl adjacent to an activating group) is 1. The number of unbranched alkanes of at least 4 members (excludes halogenated alkanes) is 22. The first-order valence-electron chi connectivity index (χ1n) is 21.2. The van der Waals surface area contributed by atoms with Gasteiger partial charge in [-0.2, -0.15) is 0 Å². The zero-order valence-corrected chi connectivity index (χ0v) is 34.1. The molecule has 0 aromatic heterocycles. The lowest BCUT2D eigenvalue weighted by Crippen LogP contribution is -2.50. The number of rotatable bonds is 38. The number of aliphatic carboxylic acids is 1. The van der Waals surface area contributed by atoms with Crippen LogP contribution in [0.15, 0.2) is 12.2 Å². The van der Waals surface area contributed by atoms with Crippen molar-refractivity contribution in [3.05, 3.63) is 12.2 Å². The Balaban J connectivity index is 4.31. The van der Waals surface area contributed by atoms with Gasteiger partial charge in [-0.1, -0.05) is 154 Å². The van der Waals surface area contributed by atoms with Crippen molar-refractivity contribution in [3.63, 3.8) is 0 Å². The number of nitrogens with zero attached hydrogens (tertiary/aromatic N) is 1. The smallest absolute Gasteiger partial charge is 0.362 e. The molecule has 2 unspecified atom stereocenters. The quantitative estimate of drug-likeness (QED) is 0.0293. The molecular formula is C43H82NO7+. The minimum atomic E-state index is -0.875. The number of hydrogen-bond donors (Lipinski definition) is 1. The summed E-state index contributed by atoms with van der Waals surface area (Å²) in [5, 5.41) is 9.59. The van der Waals surface area contributed by atoms with E-state index in [4.69, 9.17) is 14.2 Å². The van der Waals surface area contributed by atoms with E-state index in [1.165, 1.54) is 109 Å². The van der Waals surface area contributed by atoms with Crippen LogP contribution in [0.1, 0.15) is 194 Å². The highest BCUT2D eigenvalue weighted by Gasteiger charge is 2.31. The maximum atomic E-state index is 12.7. The third kappa shape index (κ3) is 33.6. The fraction of sp³-hybridized carbons (Fsp3) is 0.884. The number of allylic oxidation sites excluding steroid dienone is 2. The molecule has 0 radical (unpaired) electrons. The minimum Gasteiger partial charge on any atom is -0.477 e. The Morgan fingerprint density at radius 1 is 0.569 bits per heavy atom. The van der Waals surface area contributed by atoms with Gasteiger partial charge >= 0.3 is 17.9 Å². The lowest BCUT2D eigenvalue weighted by Gasteiger charge is -2.31. The van der Waals surface area contributed by atoms with Crippen molar-refractivity contribution in [3.8, 4) is 0 Å². The van der Waals surface area contributed by atoms with Crippen LogP contribution in [0.4, 0.5) is 0 Å². The van der Waals surface area contributed by atoms with Gasteiger partial charge < -0.3 is 23.8 Å². The van der Waals surface area contributed by atoms with Crippen molar-refractivity contribution in [2.45, 2.75) is 206 Å². The van der Waals surface area contributed by atoms with E-state index in [1.807, 2.05) is 21.1 Å². The number of hydrogen-bond acceptors (Lipinski definition) is 6. The summed E-state index contributed by atoms with van der Waals surface area (Å²) >= 11 is 0. The van der Waals surface area contributed by atoms with Crippen molar-refractivity contribution in [2.75, 3.05) is 41.0 Å². The molecule has 300 valence electrons. The molecule has 0 bridgehead atoms. The van der Waals surface area contributed by atoms with E-state index in [-0.39, 0.29) is 36.2 Å². The van der Waals surface area contributed by atoms with Gasteiger partial charge in [0.05, 0.1) is 34.4 Å². The van der Waals surface area contributed by atoms with Crippen molar-refractivity contribution < 1.29 is 38.2 Å². The Hall–Kier alpha value is -1.93. The van der Waals surface area contributed by atoms with Crippen LogP contribution in [0.25, 0.3) is 0 Å². The molecule has 0 fully saturated rings. The summed E-state index contributed by atoms with van der Waals surface area (Å²) in [6.45, 7) is 4.70. The van der Waals surface area contributed by atoms with Crippen molar-refractivity contribution >= 4 is 17.9 Å². The fourth-order valence-electron chi connectivity index (χ4n) is 6.31. The summed E-state index contributed by atoms with van der Waals surface area (Å²) in [5.41, 5.74) is 0. The van der Waals surface area contributed by atoms with Gasteiger partial charge in [0.2, 0.25) is 0 Å². The number of quaternary nitrogens is 1. The largest absolute Gasteiger partial charge is 0.477 e. The number of carbonyl (C=O) groups is 3. The molecule has 1 N–H and O–H groups in total. The average Bonchev–Trinajstić information content (AvgIpc) is 3.08. The highest BCUT2D eigenvalue weighted by Crippen LogP contribution is 2.15. The molecule has 0 aliphatic carbocycles. The number of esters is 2. The second kappa shape index (κ2) is 35.1. The van der Waals surface area contributed by atoms with Gasteiger partial charge in [0.1, 0.15) is 6.61 Å². The Labute approximate surface area is 314 Å². The second-order valence-electron chi connectivity index (χ2n) is 15.6. The zero-order valence-electron chi connectivity index (χ0n) is 34.1. The Morgan fingerprint density at radius 2 is 1.00 bits per heavy atom. The van der Waals surface area contributed by atoms with Crippen LogP contribution >= 0.6 is 0 Å². The molecule has 0 amide bonds. The van der Waals surface area contributed by atoms with E-state index in [9.17, 15) is 19.5 Å². The third-order valence-corrected chi connectivity index (χ3v) is 9.66. The molecule has 0 aromatic rings. The highest BCUT2D eigenvalue weighted by molar-refractivity contribution is 5.72. The fourth-order valence-corrected chi connectivity index (χ4v) is 6.31. The standard InChI is InChI=1S/C43H81NO7/c1-6-8-10-12-14-16-18-19-20-21-22-24-25-27-29-31-33-41(45)50-38-39(37-49-36-35-40(43(47)48)44(3,4)5)51-42(46)34-32-30-28-26-23-17-15-13-11-9-7-2/h13,15,39-40H,6-12,14,16-38H2,1-5H3/p+1/b15-13+. The molecule has 0 heterocycles. The van der Waals surface area contributed by atoms with Crippen molar-refractivity contribution in [1.29, 1.82) is 0 Å². The summed E-state index contributed by atoms with van der Waals surface area (Å²) in [6, 6.07) is -0.611. The van der Waals surface area contributed by atoms with E-state index in [0.717, 1.165) is 51.4 Å². The number of ether oxygens (including phenoxy) is 3. The molecular weight excluding hydrogens is 642 g/mol. The van der Waals surface area contributed by atoms with E-state index >= 15 is 0 Å². The van der Waals surface area contributed by atoms with Crippen LogP contribution in [0.3, 0.4) is 0 Å². The molecule has 8 nitrogen and oxygen atoms in total. The summed E-state index contributed by atoms with van der Waals surface area (Å²) in [6.07, 6.45) is 35.3. The van der Waals surface area contributed by atoms with Crippen LogP contribution in [0, 0.1) is 0 Å². The highest BCUT2D eigenvalue weighted by atomic mass is 16.6. The molecule has 0 spiro atoms. The van der Waals surface area contributed by atoms with Crippen molar-refractivity contribution in [1.82, 2.24) is 0 Å². The van der Waals surface area contributed by atoms with E-state index in [0.29, 0.717) is 19.3 Å². The normalized spacial score (nSPS) is 13.0. The van der Waals surface area contributed by atoms with Gasteiger partial charge in [0.25, 0.3) is 0 Å². The van der Waals surface area contributed by atoms with E-state index < -0.39 is 18.1 Å². The van der Waals surface area contributed by atoms with E-state index in [1.54, 1.807) is 0 Å². The lowest BCUT2D eigenvalue weighted by atomic mass is 10.0. The Kier molecular flexibility index (Phi) is 33.8. The van der Waals surface area contributed by atoms with Gasteiger partial charge in [-0.05, 0) is 32.1 Å². The minimum absolute atomic E-state index is 0.0487.